The van der Waals surface area contributed by atoms with Gasteiger partial charge in [0.25, 0.3) is 0 Å². The van der Waals surface area contributed by atoms with Crippen LogP contribution in [0.5, 0.6) is 5.75 Å². The lowest BCUT2D eigenvalue weighted by Gasteiger charge is -2.18. The van der Waals surface area contributed by atoms with Crippen molar-refractivity contribution in [3.05, 3.63) is 60.4 Å². The van der Waals surface area contributed by atoms with Crippen LogP contribution in [0.4, 0.5) is 0 Å². The number of carbonyl (C=O) groups is 1. The number of likely N-dealkylation sites (tertiary alicyclic amines) is 1. The number of imidazole rings is 1. The molecule has 3 aromatic rings. The standard InChI is InChI=1S/C26H29N3O2/c1-18-15-27-25(29(18)17-19-13-14-28(16-19)26(30)23-7-8-23)22-5-3-20(4-6-22)21-9-11-24(31-2)12-10-21/h3-6,9-12,15,19,23H,7-8,13-14,16-17H2,1-2H3. The van der Waals surface area contributed by atoms with E-state index >= 15 is 0 Å². The van der Waals surface area contributed by atoms with Crippen molar-refractivity contribution in [2.75, 3.05) is 20.2 Å². The molecule has 5 rings (SSSR count). The van der Waals surface area contributed by atoms with Gasteiger partial charge in [-0.15, -0.1) is 0 Å². The number of ether oxygens (including phenoxy) is 1. The van der Waals surface area contributed by atoms with Crippen LogP contribution in [0.15, 0.2) is 54.7 Å². The van der Waals surface area contributed by atoms with Crippen molar-refractivity contribution in [3.8, 4) is 28.3 Å². The molecular formula is C26H29N3O2. The maximum atomic E-state index is 12.4. The summed E-state index contributed by atoms with van der Waals surface area (Å²) in [6.07, 6.45) is 5.19. The predicted octanol–water partition coefficient (Wildman–Crippen LogP) is 4.79. The minimum absolute atomic E-state index is 0.313. The number of carbonyl (C=O) groups excluding carboxylic acids is 1. The van der Waals surface area contributed by atoms with E-state index in [0.29, 0.717) is 17.7 Å². The Morgan fingerprint density at radius 2 is 1.65 bits per heavy atom. The van der Waals surface area contributed by atoms with Crippen molar-refractivity contribution in [3.63, 3.8) is 0 Å². The Bertz CT molecular complexity index is 1070. The van der Waals surface area contributed by atoms with Gasteiger partial charge in [0.1, 0.15) is 11.6 Å². The van der Waals surface area contributed by atoms with Crippen molar-refractivity contribution in [1.82, 2.24) is 14.5 Å². The molecule has 2 fully saturated rings. The summed E-state index contributed by atoms with van der Waals surface area (Å²) in [5, 5.41) is 0. The molecule has 0 radical (unpaired) electrons. The fourth-order valence-corrected chi connectivity index (χ4v) is 4.55. The van der Waals surface area contributed by atoms with Crippen LogP contribution in [0.25, 0.3) is 22.5 Å². The zero-order chi connectivity index (χ0) is 21.4. The first-order chi connectivity index (χ1) is 15.1. The molecule has 1 aliphatic carbocycles. The van der Waals surface area contributed by atoms with E-state index in [9.17, 15) is 4.79 Å². The Morgan fingerprint density at radius 1 is 1.00 bits per heavy atom. The second kappa shape index (κ2) is 8.22. The number of methoxy groups -OCH3 is 1. The molecule has 1 aliphatic heterocycles. The number of hydrogen-bond acceptors (Lipinski definition) is 3. The third-order valence-electron chi connectivity index (χ3n) is 6.59. The first kappa shape index (κ1) is 19.9. The summed E-state index contributed by atoms with van der Waals surface area (Å²) in [6, 6.07) is 16.7. The average Bonchev–Trinajstić information content (AvgIpc) is 3.46. The van der Waals surface area contributed by atoms with Crippen LogP contribution in [-0.4, -0.2) is 40.6 Å². The second-order valence-electron chi connectivity index (χ2n) is 8.85. The number of rotatable bonds is 6. The maximum Gasteiger partial charge on any atom is 0.225 e. The average molecular weight is 416 g/mol. The molecule has 1 amide bonds. The van der Waals surface area contributed by atoms with Gasteiger partial charge < -0.3 is 14.2 Å². The second-order valence-corrected chi connectivity index (χ2v) is 8.85. The molecule has 5 nitrogen and oxygen atoms in total. The lowest BCUT2D eigenvalue weighted by molar-refractivity contribution is -0.131. The highest BCUT2D eigenvalue weighted by atomic mass is 16.5. The zero-order valence-corrected chi connectivity index (χ0v) is 18.3. The number of aryl methyl sites for hydroxylation is 1. The van der Waals surface area contributed by atoms with Crippen LogP contribution in [-0.2, 0) is 11.3 Å². The van der Waals surface area contributed by atoms with Crippen molar-refractivity contribution in [2.45, 2.75) is 32.7 Å². The van der Waals surface area contributed by atoms with E-state index < -0.39 is 0 Å². The first-order valence-electron chi connectivity index (χ1n) is 11.2. The Hall–Kier alpha value is -3.08. The van der Waals surface area contributed by atoms with E-state index in [2.05, 4.69) is 52.8 Å². The van der Waals surface area contributed by atoms with Crippen LogP contribution in [0.1, 0.15) is 25.0 Å². The zero-order valence-electron chi connectivity index (χ0n) is 18.3. The SMILES string of the molecule is COc1ccc(-c2ccc(-c3ncc(C)n3CC3CCN(C(=O)C4CC4)C3)cc2)cc1. The van der Waals surface area contributed by atoms with Crippen LogP contribution < -0.4 is 4.74 Å². The van der Waals surface area contributed by atoms with Crippen LogP contribution in [0.2, 0.25) is 0 Å². The summed E-state index contributed by atoms with van der Waals surface area (Å²) in [7, 11) is 1.68. The third-order valence-corrected chi connectivity index (χ3v) is 6.59. The molecule has 1 aromatic heterocycles. The molecule has 5 heteroatoms. The van der Waals surface area contributed by atoms with E-state index in [1.807, 2.05) is 18.3 Å². The lowest BCUT2D eigenvalue weighted by atomic mass is 10.0. The van der Waals surface area contributed by atoms with Crippen molar-refractivity contribution in [1.29, 1.82) is 0 Å². The fraction of sp³-hybridized carbons (Fsp3) is 0.385. The third kappa shape index (κ3) is 4.09. The highest BCUT2D eigenvalue weighted by Gasteiger charge is 2.36. The number of hydrogen-bond donors (Lipinski definition) is 0. The topological polar surface area (TPSA) is 47.4 Å². The monoisotopic (exact) mass is 415 g/mol. The highest BCUT2D eigenvalue weighted by Crippen LogP contribution is 2.33. The molecule has 0 N–H and O–H groups in total. The fourth-order valence-electron chi connectivity index (χ4n) is 4.55. The van der Waals surface area contributed by atoms with Gasteiger partial charge in [-0.1, -0.05) is 36.4 Å². The Morgan fingerprint density at radius 3 is 2.29 bits per heavy atom. The van der Waals surface area contributed by atoms with E-state index in [0.717, 1.165) is 56.0 Å². The molecule has 1 atom stereocenters. The van der Waals surface area contributed by atoms with Gasteiger partial charge in [-0.05, 0) is 55.4 Å². The maximum absolute atomic E-state index is 12.4. The van der Waals surface area contributed by atoms with Gasteiger partial charge in [0.2, 0.25) is 5.91 Å². The first-order valence-corrected chi connectivity index (χ1v) is 11.2. The summed E-state index contributed by atoms with van der Waals surface area (Å²) in [5.74, 6) is 3.05. The van der Waals surface area contributed by atoms with Gasteiger partial charge in [-0.3, -0.25) is 4.79 Å². The molecule has 0 bridgehead atoms. The Balaban J connectivity index is 1.31. The quantitative estimate of drug-likeness (QED) is 0.581. The molecule has 2 heterocycles. The van der Waals surface area contributed by atoms with E-state index in [4.69, 9.17) is 9.72 Å². The summed E-state index contributed by atoms with van der Waals surface area (Å²) >= 11 is 0. The minimum atomic E-state index is 0.313. The number of benzene rings is 2. The van der Waals surface area contributed by atoms with E-state index in [1.165, 1.54) is 16.8 Å². The van der Waals surface area contributed by atoms with Crippen molar-refractivity contribution >= 4 is 5.91 Å². The molecule has 1 saturated carbocycles. The number of aromatic nitrogens is 2. The Kier molecular flexibility index (Phi) is 5.26. The van der Waals surface area contributed by atoms with Gasteiger partial charge in [-0.25, -0.2) is 4.98 Å². The lowest BCUT2D eigenvalue weighted by Crippen LogP contribution is -2.30. The normalized spacial score (nSPS) is 18.4. The number of nitrogens with zero attached hydrogens (tertiary/aromatic N) is 3. The molecule has 31 heavy (non-hydrogen) atoms. The number of amides is 1. The summed E-state index contributed by atoms with van der Waals surface area (Å²) < 4.78 is 7.57. The smallest absolute Gasteiger partial charge is 0.225 e. The van der Waals surface area contributed by atoms with Crippen LogP contribution in [0.3, 0.4) is 0 Å². The largest absolute Gasteiger partial charge is 0.497 e. The van der Waals surface area contributed by atoms with E-state index in [1.54, 1.807) is 7.11 Å². The van der Waals surface area contributed by atoms with Gasteiger partial charge in [0, 0.05) is 43.0 Å². The van der Waals surface area contributed by atoms with Gasteiger partial charge in [0.05, 0.1) is 7.11 Å². The molecule has 2 aromatic carbocycles. The molecule has 2 aliphatic rings. The molecular weight excluding hydrogens is 386 g/mol. The van der Waals surface area contributed by atoms with Gasteiger partial charge >= 0.3 is 0 Å². The minimum Gasteiger partial charge on any atom is -0.497 e. The molecule has 1 unspecified atom stereocenters. The van der Waals surface area contributed by atoms with Gasteiger partial charge in [-0.2, -0.15) is 0 Å². The van der Waals surface area contributed by atoms with Crippen molar-refractivity contribution in [2.24, 2.45) is 11.8 Å². The predicted molar refractivity (Wildman–Crippen MR) is 122 cm³/mol. The Labute approximate surface area is 183 Å². The van der Waals surface area contributed by atoms with E-state index in [-0.39, 0.29) is 0 Å². The summed E-state index contributed by atoms with van der Waals surface area (Å²) in [5.41, 5.74) is 4.62. The highest BCUT2D eigenvalue weighted by molar-refractivity contribution is 5.81. The molecule has 0 spiro atoms. The molecule has 160 valence electrons. The van der Waals surface area contributed by atoms with Crippen LogP contribution in [0, 0.1) is 18.8 Å². The summed E-state index contributed by atoms with van der Waals surface area (Å²) in [4.78, 5) is 19.2. The van der Waals surface area contributed by atoms with Crippen LogP contribution >= 0.6 is 0 Å². The van der Waals surface area contributed by atoms with Crippen molar-refractivity contribution < 1.29 is 9.53 Å². The molecule has 1 saturated heterocycles. The summed E-state index contributed by atoms with van der Waals surface area (Å²) in [6.45, 7) is 4.81. The van der Waals surface area contributed by atoms with Gasteiger partial charge in [0.15, 0.2) is 0 Å².